The minimum absolute atomic E-state index is 0.0195. The Labute approximate surface area is 137 Å². The maximum absolute atomic E-state index is 12.7. The van der Waals surface area contributed by atoms with Gasteiger partial charge in [-0.1, -0.05) is 48.5 Å². The number of amides is 1. The largest absolute Gasteiger partial charge is 0.370 e. The second-order valence-corrected chi connectivity index (χ2v) is 5.89. The lowest BCUT2D eigenvalue weighted by Gasteiger charge is -2.25. The molecule has 0 aliphatic carbocycles. The average molecular weight is 309 g/mol. The van der Waals surface area contributed by atoms with E-state index in [4.69, 9.17) is 5.73 Å². The van der Waals surface area contributed by atoms with E-state index in [0.717, 1.165) is 31.6 Å². The Morgan fingerprint density at radius 2 is 1.52 bits per heavy atom. The highest BCUT2D eigenvalue weighted by molar-refractivity contribution is 5.83. The zero-order valence-corrected chi connectivity index (χ0v) is 13.3. The molecule has 1 fully saturated rings. The van der Waals surface area contributed by atoms with Crippen molar-refractivity contribution >= 4 is 11.6 Å². The van der Waals surface area contributed by atoms with Crippen molar-refractivity contribution in [3.8, 4) is 0 Å². The van der Waals surface area contributed by atoms with Crippen LogP contribution in [0.5, 0.6) is 0 Å². The third-order valence-corrected chi connectivity index (χ3v) is 4.35. The number of hydrogen-bond acceptors (Lipinski definition) is 3. The van der Waals surface area contributed by atoms with Crippen molar-refractivity contribution in [1.29, 1.82) is 0 Å². The number of benzene rings is 2. The minimum Gasteiger partial charge on any atom is -0.370 e. The first-order valence-electron chi connectivity index (χ1n) is 8.15. The van der Waals surface area contributed by atoms with Gasteiger partial charge in [-0.25, -0.2) is 0 Å². The lowest BCUT2D eigenvalue weighted by Crippen LogP contribution is -2.40. The molecule has 0 radical (unpaired) electrons. The second-order valence-electron chi connectivity index (χ2n) is 5.89. The number of nitrogens with two attached hydrogens (primary N) is 1. The van der Waals surface area contributed by atoms with Gasteiger partial charge in [-0.05, 0) is 24.1 Å². The molecule has 1 aliphatic rings. The van der Waals surface area contributed by atoms with Crippen LogP contribution in [0.4, 0.5) is 5.69 Å². The number of para-hydroxylation sites is 1. The van der Waals surface area contributed by atoms with Crippen LogP contribution in [-0.4, -0.2) is 37.0 Å². The fraction of sp³-hybridized carbons (Fsp3) is 0.316. The van der Waals surface area contributed by atoms with Crippen molar-refractivity contribution in [2.75, 3.05) is 31.1 Å². The van der Waals surface area contributed by atoms with E-state index < -0.39 is 6.04 Å². The number of rotatable bonds is 3. The van der Waals surface area contributed by atoms with E-state index in [0.29, 0.717) is 6.54 Å². The lowest BCUT2D eigenvalue weighted by molar-refractivity contribution is -0.132. The van der Waals surface area contributed by atoms with Crippen LogP contribution in [0.3, 0.4) is 0 Å². The van der Waals surface area contributed by atoms with E-state index in [2.05, 4.69) is 29.2 Å². The Morgan fingerprint density at radius 1 is 0.870 bits per heavy atom. The predicted molar refractivity (Wildman–Crippen MR) is 93.2 cm³/mol. The monoisotopic (exact) mass is 309 g/mol. The molecule has 2 N–H and O–H groups in total. The van der Waals surface area contributed by atoms with Gasteiger partial charge in [0.25, 0.3) is 0 Å². The van der Waals surface area contributed by atoms with Crippen LogP contribution in [0.15, 0.2) is 60.7 Å². The molecule has 1 atom stereocenters. The molecule has 1 amide bonds. The quantitative estimate of drug-likeness (QED) is 0.947. The number of hydrogen-bond donors (Lipinski definition) is 1. The molecule has 1 aliphatic heterocycles. The molecule has 1 heterocycles. The smallest absolute Gasteiger partial charge is 0.244 e. The highest BCUT2D eigenvalue weighted by Gasteiger charge is 2.24. The zero-order chi connectivity index (χ0) is 16.1. The molecule has 1 saturated heterocycles. The molecule has 1 unspecified atom stereocenters. The third kappa shape index (κ3) is 3.71. The maximum Gasteiger partial charge on any atom is 0.244 e. The van der Waals surface area contributed by atoms with Crippen molar-refractivity contribution in [2.24, 2.45) is 5.73 Å². The number of carbonyl (C=O) groups excluding carboxylic acids is 1. The van der Waals surface area contributed by atoms with Gasteiger partial charge in [0.15, 0.2) is 0 Å². The van der Waals surface area contributed by atoms with Gasteiger partial charge >= 0.3 is 0 Å². The molecule has 2 aromatic rings. The molecular weight excluding hydrogens is 286 g/mol. The average Bonchev–Trinajstić information content (AvgIpc) is 2.88. The molecule has 3 rings (SSSR count). The van der Waals surface area contributed by atoms with Crippen molar-refractivity contribution in [3.05, 3.63) is 66.2 Å². The van der Waals surface area contributed by atoms with Gasteiger partial charge < -0.3 is 15.5 Å². The van der Waals surface area contributed by atoms with Crippen molar-refractivity contribution in [1.82, 2.24) is 4.90 Å². The predicted octanol–water partition coefficient (Wildman–Crippen LogP) is 2.43. The standard InChI is InChI=1S/C19H23N3O/c20-18(16-8-3-1-4-9-16)19(23)22-13-7-12-21(14-15-22)17-10-5-2-6-11-17/h1-6,8-11,18H,7,12-15,20H2. The summed E-state index contributed by atoms with van der Waals surface area (Å²) in [5, 5.41) is 0. The van der Waals surface area contributed by atoms with Gasteiger partial charge in [0.1, 0.15) is 6.04 Å². The summed E-state index contributed by atoms with van der Waals surface area (Å²) in [6, 6.07) is 19.4. The Kier molecular flexibility index (Phi) is 4.93. The highest BCUT2D eigenvalue weighted by Crippen LogP contribution is 2.18. The molecule has 4 nitrogen and oxygen atoms in total. The van der Waals surface area contributed by atoms with E-state index in [1.165, 1.54) is 5.69 Å². The first-order valence-corrected chi connectivity index (χ1v) is 8.15. The van der Waals surface area contributed by atoms with Crippen LogP contribution >= 0.6 is 0 Å². The molecule has 4 heteroatoms. The molecule has 23 heavy (non-hydrogen) atoms. The van der Waals surface area contributed by atoms with E-state index in [1.54, 1.807) is 0 Å². The molecular formula is C19H23N3O. The van der Waals surface area contributed by atoms with E-state index in [-0.39, 0.29) is 5.91 Å². The SMILES string of the molecule is NC(C(=O)N1CCCN(c2ccccc2)CC1)c1ccccc1. The van der Waals surface area contributed by atoms with Crippen molar-refractivity contribution < 1.29 is 4.79 Å². The lowest BCUT2D eigenvalue weighted by atomic mass is 10.1. The maximum atomic E-state index is 12.7. The van der Waals surface area contributed by atoms with Gasteiger partial charge in [0.05, 0.1) is 0 Å². The van der Waals surface area contributed by atoms with Gasteiger partial charge in [-0.15, -0.1) is 0 Å². The van der Waals surface area contributed by atoms with Gasteiger partial charge in [0, 0.05) is 31.9 Å². The van der Waals surface area contributed by atoms with E-state index in [1.807, 2.05) is 41.3 Å². The summed E-state index contributed by atoms with van der Waals surface area (Å²) in [5.74, 6) is 0.0195. The van der Waals surface area contributed by atoms with Crippen LogP contribution in [-0.2, 0) is 4.79 Å². The first-order chi connectivity index (χ1) is 11.3. The Morgan fingerprint density at radius 3 is 2.22 bits per heavy atom. The topological polar surface area (TPSA) is 49.6 Å². The highest BCUT2D eigenvalue weighted by atomic mass is 16.2. The molecule has 120 valence electrons. The van der Waals surface area contributed by atoms with Gasteiger partial charge in [0.2, 0.25) is 5.91 Å². The zero-order valence-electron chi connectivity index (χ0n) is 13.3. The molecule has 2 aromatic carbocycles. The van der Waals surface area contributed by atoms with Gasteiger partial charge in [-0.3, -0.25) is 4.79 Å². The molecule has 0 aromatic heterocycles. The summed E-state index contributed by atoms with van der Waals surface area (Å²) in [5.41, 5.74) is 8.25. The van der Waals surface area contributed by atoms with E-state index >= 15 is 0 Å². The normalized spacial score (nSPS) is 16.7. The first kappa shape index (κ1) is 15.6. The summed E-state index contributed by atoms with van der Waals surface area (Å²) in [7, 11) is 0. The van der Waals surface area contributed by atoms with E-state index in [9.17, 15) is 4.79 Å². The molecule has 0 bridgehead atoms. The fourth-order valence-electron chi connectivity index (χ4n) is 3.03. The number of carbonyl (C=O) groups is 1. The summed E-state index contributed by atoms with van der Waals surface area (Å²) < 4.78 is 0. The second kappa shape index (κ2) is 7.29. The van der Waals surface area contributed by atoms with Gasteiger partial charge in [-0.2, -0.15) is 0 Å². The fourth-order valence-corrected chi connectivity index (χ4v) is 3.03. The Hall–Kier alpha value is -2.33. The van der Waals surface area contributed by atoms with Crippen LogP contribution < -0.4 is 10.6 Å². The minimum atomic E-state index is -0.570. The van der Waals surface area contributed by atoms with Crippen LogP contribution in [0.25, 0.3) is 0 Å². The molecule has 0 spiro atoms. The summed E-state index contributed by atoms with van der Waals surface area (Å²) >= 11 is 0. The third-order valence-electron chi connectivity index (χ3n) is 4.35. The number of nitrogens with zero attached hydrogens (tertiary/aromatic N) is 2. The molecule has 0 saturated carbocycles. The van der Waals surface area contributed by atoms with Crippen LogP contribution in [0.1, 0.15) is 18.0 Å². The van der Waals surface area contributed by atoms with Crippen LogP contribution in [0.2, 0.25) is 0 Å². The summed E-state index contributed by atoms with van der Waals surface area (Å²) in [6.45, 7) is 3.29. The Balaban J connectivity index is 1.65. The van der Waals surface area contributed by atoms with Crippen molar-refractivity contribution in [2.45, 2.75) is 12.5 Å². The summed E-state index contributed by atoms with van der Waals surface area (Å²) in [4.78, 5) is 16.9. The van der Waals surface area contributed by atoms with Crippen LogP contribution in [0, 0.1) is 0 Å². The number of anilines is 1. The summed E-state index contributed by atoms with van der Waals surface area (Å²) in [6.07, 6.45) is 0.960. The Bertz CT molecular complexity index is 630. The van der Waals surface area contributed by atoms with Crippen molar-refractivity contribution in [3.63, 3.8) is 0 Å².